The number of pyridine rings is 1. The van der Waals surface area contributed by atoms with Crippen molar-refractivity contribution in [3.8, 4) is 5.75 Å². The average molecular weight is 164 g/mol. The van der Waals surface area contributed by atoms with E-state index in [-0.39, 0.29) is 0 Å². The van der Waals surface area contributed by atoms with E-state index in [1.54, 1.807) is 12.3 Å². The summed E-state index contributed by atoms with van der Waals surface area (Å²) in [4.78, 5) is 9.13. The second-order valence-electron chi connectivity index (χ2n) is 2.76. The molecule has 0 amide bonds. The predicted molar refractivity (Wildman–Crippen MR) is 48.4 cm³/mol. The fourth-order valence-corrected chi connectivity index (χ4v) is 0.720. The molecule has 0 fully saturated rings. The van der Waals surface area contributed by atoms with Crippen molar-refractivity contribution >= 4 is 5.71 Å². The van der Waals surface area contributed by atoms with Crippen LogP contribution in [0.25, 0.3) is 0 Å². The highest BCUT2D eigenvalue weighted by molar-refractivity contribution is 5.78. The fraction of sp³-hybridized carbons (Fsp3) is 0.333. The first-order chi connectivity index (χ1) is 5.68. The Kier molecular flexibility index (Phi) is 2.80. The van der Waals surface area contributed by atoms with Gasteiger partial charge in [-0.05, 0) is 20.8 Å². The van der Waals surface area contributed by atoms with E-state index >= 15 is 0 Å². The van der Waals surface area contributed by atoms with E-state index in [1.165, 1.54) is 0 Å². The Morgan fingerprint density at radius 3 is 2.83 bits per heavy atom. The molecule has 0 radical (unpaired) electrons. The number of nitrogens with zero attached hydrogens (tertiary/aromatic N) is 2. The molecule has 0 saturated carbocycles. The SMILES string of the molecule is CC(C)=NOc1ccnc(C)c1. The van der Waals surface area contributed by atoms with Crippen LogP contribution in [0.3, 0.4) is 0 Å². The average Bonchev–Trinajstić information content (AvgIpc) is 2.01. The van der Waals surface area contributed by atoms with Gasteiger partial charge in [0, 0.05) is 24.0 Å². The van der Waals surface area contributed by atoms with Crippen LogP contribution in [0.1, 0.15) is 19.5 Å². The Labute approximate surface area is 72.1 Å². The third-order valence-electron chi connectivity index (χ3n) is 1.20. The summed E-state index contributed by atoms with van der Waals surface area (Å²) in [5.74, 6) is 0.726. The number of hydrogen-bond acceptors (Lipinski definition) is 3. The van der Waals surface area contributed by atoms with Gasteiger partial charge in [0.05, 0.1) is 5.71 Å². The molecule has 1 aromatic heterocycles. The van der Waals surface area contributed by atoms with E-state index in [4.69, 9.17) is 4.84 Å². The van der Waals surface area contributed by atoms with Gasteiger partial charge in [-0.3, -0.25) is 4.98 Å². The molecule has 1 aromatic rings. The molecule has 0 spiro atoms. The summed E-state index contributed by atoms with van der Waals surface area (Å²) >= 11 is 0. The second kappa shape index (κ2) is 3.85. The maximum atomic E-state index is 5.10. The van der Waals surface area contributed by atoms with Crippen LogP contribution < -0.4 is 4.84 Å². The second-order valence-corrected chi connectivity index (χ2v) is 2.76. The minimum atomic E-state index is 0.726. The van der Waals surface area contributed by atoms with Crippen LogP contribution in [0, 0.1) is 6.92 Å². The fourth-order valence-electron chi connectivity index (χ4n) is 0.720. The van der Waals surface area contributed by atoms with Gasteiger partial charge in [-0.1, -0.05) is 5.16 Å². The Bertz CT molecular complexity index is 290. The molecule has 3 heteroatoms. The van der Waals surface area contributed by atoms with Gasteiger partial charge in [-0.2, -0.15) is 0 Å². The van der Waals surface area contributed by atoms with Crippen molar-refractivity contribution < 1.29 is 4.84 Å². The topological polar surface area (TPSA) is 34.5 Å². The third kappa shape index (κ3) is 2.70. The van der Waals surface area contributed by atoms with Gasteiger partial charge in [0.2, 0.25) is 0 Å². The third-order valence-corrected chi connectivity index (χ3v) is 1.20. The monoisotopic (exact) mass is 164 g/mol. The summed E-state index contributed by atoms with van der Waals surface area (Å²) in [6.07, 6.45) is 1.70. The highest BCUT2D eigenvalue weighted by Gasteiger charge is 1.92. The molecule has 0 aliphatic heterocycles. The Morgan fingerprint density at radius 1 is 1.50 bits per heavy atom. The quantitative estimate of drug-likeness (QED) is 0.496. The summed E-state index contributed by atoms with van der Waals surface area (Å²) < 4.78 is 0. The molecule has 0 aliphatic rings. The first-order valence-electron chi connectivity index (χ1n) is 3.79. The van der Waals surface area contributed by atoms with Crippen molar-refractivity contribution in [3.05, 3.63) is 24.0 Å². The maximum Gasteiger partial charge on any atom is 0.161 e. The van der Waals surface area contributed by atoms with Crippen LogP contribution in [0.5, 0.6) is 5.75 Å². The standard InChI is InChI=1S/C9H12N2O/c1-7(2)11-12-9-4-5-10-8(3)6-9/h4-6H,1-3H3. The number of oxime groups is 1. The van der Waals surface area contributed by atoms with E-state index in [0.717, 1.165) is 17.2 Å². The smallest absolute Gasteiger partial charge is 0.161 e. The lowest BCUT2D eigenvalue weighted by Gasteiger charge is -1.98. The van der Waals surface area contributed by atoms with Crippen molar-refractivity contribution in [1.29, 1.82) is 0 Å². The highest BCUT2D eigenvalue weighted by Crippen LogP contribution is 2.10. The van der Waals surface area contributed by atoms with E-state index in [2.05, 4.69) is 10.1 Å². The van der Waals surface area contributed by atoms with Crippen LogP contribution in [0.4, 0.5) is 0 Å². The molecular weight excluding hydrogens is 152 g/mol. The summed E-state index contributed by atoms with van der Waals surface area (Å²) in [6, 6.07) is 3.62. The van der Waals surface area contributed by atoms with Crippen LogP contribution in [0.15, 0.2) is 23.5 Å². The van der Waals surface area contributed by atoms with Crippen molar-refractivity contribution in [2.45, 2.75) is 20.8 Å². The molecule has 12 heavy (non-hydrogen) atoms. The molecule has 0 atom stereocenters. The molecule has 0 unspecified atom stereocenters. The lowest BCUT2D eigenvalue weighted by Crippen LogP contribution is -1.89. The van der Waals surface area contributed by atoms with Gasteiger partial charge < -0.3 is 4.84 Å². The minimum Gasteiger partial charge on any atom is -0.357 e. The lowest BCUT2D eigenvalue weighted by atomic mass is 10.4. The van der Waals surface area contributed by atoms with Crippen molar-refractivity contribution in [1.82, 2.24) is 4.98 Å². The number of rotatable bonds is 2. The predicted octanol–water partition coefficient (Wildman–Crippen LogP) is 2.16. The Balaban J connectivity index is 2.70. The van der Waals surface area contributed by atoms with Gasteiger partial charge in [0.15, 0.2) is 5.75 Å². The van der Waals surface area contributed by atoms with E-state index < -0.39 is 0 Å². The van der Waals surface area contributed by atoms with Crippen molar-refractivity contribution in [3.63, 3.8) is 0 Å². The number of aromatic nitrogens is 1. The first-order valence-corrected chi connectivity index (χ1v) is 3.79. The number of hydrogen-bond donors (Lipinski definition) is 0. The molecule has 3 nitrogen and oxygen atoms in total. The molecule has 1 heterocycles. The molecular formula is C9H12N2O. The van der Waals surface area contributed by atoms with Gasteiger partial charge in [0.25, 0.3) is 0 Å². The zero-order valence-electron chi connectivity index (χ0n) is 7.53. The molecule has 1 rings (SSSR count). The zero-order valence-corrected chi connectivity index (χ0v) is 7.53. The summed E-state index contributed by atoms with van der Waals surface area (Å²) in [7, 11) is 0. The molecule has 0 N–H and O–H groups in total. The van der Waals surface area contributed by atoms with E-state index in [1.807, 2.05) is 26.8 Å². The van der Waals surface area contributed by atoms with E-state index in [9.17, 15) is 0 Å². The van der Waals surface area contributed by atoms with Crippen LogP contribution in [0.2, 0.25) is 0 Å². The molecule has 0 saturated heterocycles. The maximum absolute atomic E-state index is 5.10. The highest BCUT2D eigenvalue weighted by atomic mass is 16.6. The van der Waals surface area contributed by atoms with Crippen LogP contribution in [-0.4, -0.2) is 10.7 Å². The van der Waals surface area contributed by atoms with Crippen LogP contribution in [-0.2, 0) is 0 Å². The van der Waals surface area contributed by atoms with Crippen molar-refractivity contribution in [2.75, 3.05) is 0 Å². The molecule has 0 aliphatic carbocycles. The van der Waals surface area contributed by atoms with Gasteiger partial charge in [-0.15, -0.1) is 0 Å². The van der Waals surface area contributed by atoms with E-state index in [0.29, 0.717) is 0 Å². The molecule has 64 valence electrons. The van der Waals surface area contributed by atoms with Gasteiger partial charge >= 0.3 is 0 Å². The van der Waals surface area contributed by atoms with Crippen molar-refractivity contribution in [2.24, 2.45) is 5.16 Å². The zero-order chi connectivity index (χ0) is 8.97. The molecule has 0 aromatic carbocycles. The van der Waals surface area contributed by atoms with Crippen LogP contribution >= 0.6 is 0 Å². The normalized spacial score (nSPS) is 9.25. The minimum absolute atomic E-state index is 0.726. The summed E-state index contributed by atoms with van der Waals surface area (Å²) in [5.41, 5.74) is 1.82. The van der Waals surface area contributed by atoms with Gasteiger partial charge in [-0.25, -0.2) is 0 Å². The first kappa shape index (κ1) is 8.71. The lowest BCUT2D eigenvalue weighted by molar-refractivity contribution is 0.340. The number of aryl methyl sites for hydroxylation is 1. The Hall–Kier alpha value is -1.38. The van der Waals surface area contributed by atoms with Gasteiger partial charge in [0.1, 0.15) is 0 Å². The summed E-state index contributed by atoms with van der Waals surface area (Å²) in [6.45, 7) is 5.68. The molecule has 0 bridgehead atoms. The Morgan fingerprint density at radius 2 is 2.25 bits per heavy atom. The summed E-state index contributed by atoms with van der Waals surface area (Å²) in [5, 5.41) is 3.82. The largest absolute Gasteiger partial charge is 0.357 e.